The first kappa shape index (κ1) is 11.4. The highest BCUT2D eigenvalue weighted by Crippen LogP contribution is 2.14. The van der Waals surface area contributed by atoms with E-state index in [1.807, 2.05) is 7.05 Å². The average Bonchev–Trinajstić information content (AvgIpc) is 2.19. The van der Waals surface area contributed by atoms with E-state index in [1.165, 1.54) is 0 Å². The summed E-state index contributed by atoms with van der Waals surface area (Å²) in [5, 5.41) is 8.81. The van der Waals surface area contributed by atoms with E-state index < -0.39 is 5.54 Å². The highest BCUT2D eigenvalue weighted by molar-refractivity contribution is 5.03. The molecule has 1 rings (SSSR count). The van der Waals surface area contributed by atoms with Crippen molar-refractivity contribution in [2.45, 2.75) is 31.3 Å². The number of hydrogen-bond donors (Lipinski definition) is 1. The molecule has 0 spiro atoms. The topological polar surface area (TPSA) is 62.3 Å². The van der Waals surface area contributed by atoms with Gasteiger partial charge in [0.15, 0.2) is 0 Å². The molecule has 0 bridgehead atoms. The minimum absolute atomic E-state index is 0.514. The van der Waals surface area contributed by atoms with Crippen molar-refractivity contribution in [1.29, 1.82) is 5.26 Å². The Bertz CT molecular complexity index is 216. The second kappa shape index (κ2) is 4.74. The van der Waals surface area contributed by atoms with E-state index >= 15 is 0 Å². The minimum Gasteiger partial charge on any atom is -0.381 e. The van der Waals surface area contributed by atoms with Crippen molar-refractivity contribution < 1.29 is 4.74 Å². The van der Waals surface area contributed by atoms with Crippen molar-refractivity contribution in [3.63, 3.8) is 0 Å². The van der Waals surface area contributed by atoms with E-state index in [0.29, 0.717) is 12.6 Å². The van der Waals surface area contributed by atoms with Gasteiger partial charge in [-0.1, -0.05) is 0 Å². The van der Waals surface area contributed by atoms with Crippen molar-refractivity contribution in [2.75, 3.05) is 26.8 Å². The SMILES string of the molecule is CN(CC(C)(N)C#N)C1CCOCC1. The van der Waals surface area contributed by atoms with Crippen LogP contribution in [-0.2, 0) is 4.74 Å². The van der Waals surface area contributed by atoms with Gasteiger partial charge in [-0.05, 0) is 26.8 Å². The monoisotopic (exact) mass is 197 g/mol. The first-order valence-electron chi connectivity index (χ1n) is 5.03. The van der Waals surface area contributed by atoms with Gasteiger partial charge in [-0.25, -0.2) is 0 Å². The smallest absolute Gasteiger partial charge is 0.114 e. The Morgan fingerprint density at radius 1 is 1.57 bits per heavy atom. The van der Waals surface area contributed by atoms with Crippen LogP contribution < -0.4 is 5.73 Å². The lowest BCUT2D eigenvalue weighted by molar-refractivity contribution is 0.0395. The quantitative estimate of drug-likeness (QED) is 0.708. The molecule has 1 heterocycles. The highest BCUT2D eigenvalue weighted by atomic mass is 16.5. The number of nitrogens with two attached hydrogens (primary N) is 1. The summed E-state index contributed by atoms with van der Waals surface area (Å²) in [7, 11) is 2.03. The van der Waals surface area contributed by atoms with Gasteiger partial charge in [0.1, 0.15) is 5.54 Å². The molecule has 0 aromatic carbocycles. The van der Waals surface area contributed by atoms with E-state index in [4.69, 9.17) is 15.7 Å². The van der Waals surface area contributed by atoms with E-state index in [0.717, 1.165) is 26.1 Å². The summed E-state index contributed by atoms with van der Waals surface area (Å²) in [6.07, 6.45) is 2.08. The van der Waals surface area contributed by atoms with Gasteiger partial charge in [0.2, 0.25) is 0 Å². The molecule has 1 unspecified atom stereocenters. The summed E-state index contributed by atoms with van der Waals surface area (Å²) in [4.78, 5) is 2.17. The molecular formula is C10H19N3O. The molecule has 1 aliphatic heterocycles. The Balaban J connectivity index is 2.41. The molecule has 14 heavy (non-hydrogen) atoms. The van der Waals surface area contributed by atoms with Crippen LogP contribution in [0.2, 0.25) is 0 Å². The third-order valence-corrected chi connectivity index (χ3v) is 2.65. The second-order valence-electron chi connectivity index (χ2n) is 4.29. The second-order valence-corrected chi connectivity index (χ2v) is 4.29. The van der Waals surface area contributed by atoms with Gasteiger partial charge in [0, 0.05) is 25.8 Å². The molecule has 1 aliphatic rings. The van der Waals surface area contributed by atoms with E-state index in [2.05, 4.69) is 11.0 Å². The van der Waals surface area contributed by atoms with Crippen LogP contribution in [0.5, 0.6) is 0 Å². The highest BCUT2D eigenvalue weighted by Gasteiger charge is 2.25. The number of nitriles is 1. The molecule has 4 nitrogen and oxygen atoms in total. The molecule has 0 saturated carbocycles. The molecular weight excluding hydrogens is 178 g/mol. The molecule has 1 saturated heterocycles. The lowest BCUT2D eigenvalue weighted by Gasteiger charge is -2.34. The number of likely N-dealkylation sites (N-methyl/N-ethyl adjacent to an activating group) is 1. The maximum absolute atomic E-state index is 8.81. The summed E-state index contributed by atoms with van der Waals surface area (Å²) < 4.78 is 5.28. The molecule has 0 aromatic rings. The fraction of sp³-hybridized carbons (Fsp3) is 0.900. The Morgan fingerprint density at radius 3 is 2.64 bits per heavy atom. The normalized spacial score (nSPS) is 23.1. The van der Waals surface area contributed by atoms with Gasteiger partial charge >= 0.3 is 0 Å². The van der Waals surface area contributed by atoms with Crippen LogP contribution in [0.1, 0.15) is 19.8 Å². The van der Waals surface area contributed by atoms with Crippen molar-refractivity contribution in [1.82, 2.24) is 4.90 Å². The fourth-order valence-corrected chi connectivity index (χ4v) is 1.81. The van der Waals surface area contributed by atoms with Crippen LogP contribution >= 0.6 is 0 Å². The number of nitrogens with zero attached hydrogens (tertiary/aromatic N) is 2. The van der Waals surface area contributed by atoms with Gasteiger partial charge in [0.25, 0.3) is 0 Å². The molecule has 1 atom stereocenters. The average molecular weight is 197 g/mol. The van der Waals surface area contributed by atoms with Crippen LogP contribution in [0.25, 0.3) is 0 Å². The maximum atomic E-state index is 8.81. The largest absolute Gasteiger partial charge is 0.381 e. The van der Waals surface area contributed by atoms with Crippen molar-refractivity contribution in [3.05, 3.63) is 0 Å². The summed E-state index contributed by atoms with van der Waals surface area (Å²) >= 11 is 0. The molecule has 0 aliphatic carbocycles. The Labute approximate surface area is 85.6 Å². The molecule has 0 radical (unpaired) electrons. The van der Waals surface area contributed by atoms with Crippen molar-refractivity contribution in [2.24, 2.45) is 5.73 Å². The van der Waals surface area contributed by atoms with Gasteiger partial charge < -0.3 is 15.4 Å². The zero-order valence-electron chi connectivity index (χ0n) is 8.99. The first-order chi connectivity index (χ1) is 6.55. The summed E-state index contributed by atoms with van der Waals surface area (Å²) in [6.45, 7) is 4.03. The zero-order valence-corrected chi connectivity index (χ0v) is 8.99. The van der Waals surface area contributed by atoms with E-state index in [-0.39, 0.29) is 0 Å². The summed E-state index contributed by atoms with van der Waals surface area (Å²) in [5.74, 6) is 0. The number of rotatable bonds is 3. The van der Waals surface area contributed by atoms with Crippen molar-refractivity contribution >= 4 is 0 Å². The van der Waals surface area contributed by atoms with Gasteiger partial charge in [0.05, 0.1) is 6.07 Å². The molecule has 0 amide bonds. The zero-order chi connectivity index (χ0) is 10.6. The Morgan fingerprint density at radius 2 is 2.14 bits per heavy atom. The lowest BCUT2D eigenvalue weighted by atomic mass is 10.0. The molecule has 80 valence electrons. The van der Waals surface area contributed by atoms with Crippen LogP contribution in [0.15, 0.2) is 0 Å². The van der Waals surface area contributed by atoms with E-state index in [1.54, 1.807) is 6.92 Å². The Kier molecular flexibility index (Phi) is 3.87. The Hall–Kier alpha value is -0.630. The first-order valence-corrected chi connectivity index (χ1v) is 5.03. The van der Waals surface area contributed by atoms with Gasteiger partial charge in [-0.3, -0.25) is 0 Å². The van der Waals surface area contributed by atoms with Crippen LogP contribution in [0, 0.1) is 11.3 Å². The third-order valence-electron chi connectivity index (χ3n) is 2.65. The standard InChI is InChI=1S/C10H19N3O/c1-10(12,7-11)8-13(2)9-3-5-14-6-4-9/h9H,3-6,8,12H2,1-2H3. The molecule has 4 heteroatoms. The minimum atomic E-state index is -0.743. The molecule has 0 aromatic heterocycles. The molecule has 1 fully saturated rings. The summed E-state index contributed by atoms with van der Waals surface area (Å²) in [5.41, 5.74) is 5.05. The van der Waals surface area contributed by atoms with Crippen molar-refractivity contribution in [3.8, 4) is 6.07 Å². The molecule has 2 N–H and O–H groups in total. The van der Waals surface area contributed by atoms with Gasteiger partial charge in [-0.15, -0.1) is 0 Å². The van der Waals surface area contributed by atoms with Crippen LogP contribution in [0.3, 0.4) is 0 Å². The predicted molar refractivity (Wildman–Crippen MR) is 54.7 cm³/mol. The predicted octanol–water partition coefficient (Wildman–Crippen LogP) is 0.338. The maximum Gasteiger partial charge on any atom is 0.114 e. The van der Waals surface area contributed by atoms with E-state index in [9.17, 15) is 0 Å². The summed E-state index contributed by atoms with van der Waals surface area (Å²) in [6, 6.07) is 2.63. The van der Waals surface area contributed by atoms with Crippen LogP contribution in [0.4, 0.5) is 0 Å². The van der Waals surface area contributed by atoms with Crippen LogP contribution in [-0.4, -0.2) is 43.3 Å². The fourth-order valence-electron chi connectivity index (χ4n) is 1.81. The number of hydrogen-bond acceptors (Lipinski definition) is 4. The third kappa shape index (κ3) is 3.26. The number of ether oxygens (including phenoxy) is 1. The van der Waals surface area contributed by atoms with Gasteiger partial charge in [-0.2, -0.15) is 5.26 Å². The lowest BCUT2D eigenvalue weighted by Crippen LogP contribution is -2.49.